The average Bonchev–Trinajstić information content (AvgIpc) is 2.36. The number of hydrogen-bond donors (Lipinski definition) is 1. The maximum atomic E-state index is 13.6. The summed E-state index contributed by atoms with van der Waals surface area (Å²) in [5, 5.41) is 0. The molecule has 2 aromatic carbocycles. The van der Waals surface area contributed by atoms with Crippen LogP contribution in [0.2, 0.25) is 0 Å². The van der Waals surface area contributed by atoms with Crippen LogP contribution in [0.25, 0.3) is 0 Å². The van der Waals surface area contributed by atoms with Gasteiger partial charge in [0.2, 0.25) is 0 Å². The van der Waals surface area contributed by atoms with Crippen LogP contribution in [0.5, 0.6) is 11.5 Å². The molecule has 0 amide bonds. The van der Waals surface area contributed by atoms with E-state index in [2.05, 4.69) is 15.9 Å². The van der Waals surface area contributed by atoms with Crippen LogP contribution in [0.3, 0.4) is 0 Å². The quantitative estimate of drug-likeness (QED) is 0.866. The third kappa shape index (κ3) is 3.16. The highest BCUT2D eigenvalue weighted by molar-refractivity contribution is 9.10. The lowest BCUT2D eigenvalue weighted by atomic mass is 10.1. The first-order valence-corrected chi connectivity index (χ1v) is 6.86. The lowest BCUT2D eigenvalue weighted by Gasteiger charge is -2.16. The fourth-order valence-electron chi connectivity index (χ4n) is 1.79. The first kappa shape index (κ1) is 14.9. The van der Waals surface area contributed by atoms with Crippen LogP contribution in [0, 0.1) is 18.6 Å². The van der Waals surface area contributed by atoms with Gasteiger partial charge in [0.05, 0.1) is 4.47 Å². The number of rotatable bonds is 3. The minimum atomic E-state index is -0.376. The van der Waals surface area contributed by atoms with Gasteiger partial charge < -0.3 is 10.5 Å². The van der Waals surface area contributed by atoms with Crippen LogP contribution in [0.15, 0.2) is 34.8 Å². The summed E-state index contributed by atoms with van der Waals surface area (Å²) in [6.45, 7) is 3.39. The van der Waals surface area contributed by atoms with Crippen molar-refractivity contribution in [3.63, 3.8) is 0 Å². The molecule has 0 saturated carbocycles. The van der Waals surface area contributed by atoms with Crippen molar-refractivity contribution in [2.24, 2.45) is 5.73 Å². The summed E-state index contributed by atoms with van der Waals surface area (Å²) in [6, 6.07) is 6.68. The highest BCUT2D eigenvalue weighted by Gasteiger charge is 2.14. The molecule has 0 spiro atoms. The van der Waals surface area contributed by atoms with E-state index in [-0.39, 0.29) is 17.7 Å². The predicted octanol–water partition coefficient (Wildman–Crippen LogP) is 4.85. The summed E-state index contributed by atoms with van der Waals surface area (Å²) >= 11 is 3.23. The van der Waals surface area contributed by atoms with Crippen molar-refractivity contribution in [3.05, 3.63) is 57.6 Å². The van der Waals surface area contributed by atoms with E-state index < -0.39 is 0 Å². The van der Waals surface area contributed by atoms with Crippen molar-refractivity contribution in [2.75, 3.05) is 0 Å². The van der Waals surface area contributed by atoms with Crippen molar-refractivity contribution in [3.8, 4) is 11.5 Å². The van der Waals surface area contributed by atoms with Crippen molar-refractivity contribution in [1.29, 1.82) is 0 Å². The minimum absolute atomic E-state index is 0.331. The van der Waals surface area contributed by atoms with E-state index in [1.807, 2.05) is 0 Å². The zero-order valence-electron chi connectivity index (χ0n) is 11.1. The van der Waals surface area contributed by atoms with Crippen LogP contribution in [0.4, 0.5) is 8.78 Å². The third-order valence-electron chi connectivity index (χ3n) is 2.90. The monoisotopic (exact) mass is 341 g/mol. The molecule has 0 radical (unpaired) electrons. The van der Waals surface area contributed by atoms with E-state index in [9.17, 15) is 8.78 Å². The van der Waals surface area contributed by atoms with Gasteiger partial charge >= 0.3 is 0 Å². The second-order valence-electron chi connectivity index (χ2n) is 4.60. The molecule has 2 rings (SSSR count). The highest BCUT2D eigenvalue weighted by atomic mass is 79.9. The molecule has 2 N–H and O–H groups in total. The second kappa shape index (κ2) is 5.89. The summed E-state index contributed by atoms with van der Waals surface area (Å²) in [7, 11) is 0. The number of benzene rings is 2. The number of ether oxygens (including phenoxy) is 1. The maximum absolute atomic E-state index is 13.6. The largest absolute Gasteiger partial charge is 0.456 e. The van der Waals surface area contributed by atoms with E-state index in [1.165, 1.54) is 24.3 Å². The number of hydrogen-bond acceptors (Lipinski definition) is 2. The Morgan fingerprint density at radius 2 is 1.85 bits per heavy atom. The summed E-state index contributed by atoms with van der Waals surface area (Å²) in [5.74, 6) is 0.209. The van der Waals surface area contributed by atoms with Gasteiger partial charge in [0.25, 0.3) is 0 Å². The van der Waals surface area contributed by atoms with Crippen molar-refractivity contribution < 1.29 is 13.5 Å². The van der Waals surface area contributed by atoms with E-state index in [0.717, 1.165) is 0 Å². The molecule has 0 saturated heterocycles. The summed E-state index contributed by atoms with van der Waals surface area (Å²) < 4.78 is 32.9. The molecule has 2 aromatic rings. The molecule has 0 aliphatic heterocycles. The highest BCUT2D eigenvalue weighted by Crippen LogP contribution is 2.35. The van der Waals surface area contributed by atoms with E-state index in [1.54, 1.807) is 19.9 Å². The van der Waals surface area contributed by atoms with E-state index >= 15 is 0 Å². The summed E-state index contributed by atoms with van der Waals surface area (Å²) in [4.78, 5) is 0. The zero-order valence-corrected chi connectivity index (χ0v) is 12.7. The SMILES string of the molecule is Cc1cc(Oc2ccc(F)cc2Br)c([C@@H](C)N)cc1F. The topological polar surface area (TPSA) is 35.2 Å². The Bertz CT molecular complexity index is 644. The fraction of sp³-hybridized carbons (Fsp3) is 0.200. The molecule has 0 heterocycles. The maximum Gasteiger partial charge on any atom is 0.141 e. The van der Waals surface area contributed by atoms with Gasteiger partial charge in [0, 0.05) is 11.6 Å². The molecule has 0 fully saturated rings. The summed E-state index contributed by atoms with van der Waals surface area (Å²) in [5.41, 5.74) is 6.85. The Kier molecular flexibility index (Phi) is 4.40. The Morgan fingerprint density at radius 3 is 2.45 bits per heavy atom. The van der Waals surface area contributed by atoms with Crippen molar-refractivity contribution >= 4 is 15.9 Å². The molecular weight excluding hydrogens is 328 g/mol. The molecule has 0 bridgehead atoms. The van der Waals surface area contributed by atoms with E-state index in [0.29, 0.717) is 27.1 Å². The molecule has 0 aliphatic carbocycles. The average molecular weight is 342 g/mol. The smallest absolute Gasteiger partial charge is 0.141 e. The first-order chi connectivity index (χ1) is 9.38. The number of aryl methyl sites for hydroxylation is 1. The van der Waals surface area contributed by atoms with Crippen LogP contribution in [0.1, 0.15) is 24.1 Å². The predicted molar refractivity (Wildman–Crippen MR) is 77.9 cm³/mol. The fourth-order valence-corrected chi connectivity index (χ4v) is 2.22. The Hall–Kier alpha value is -1.46. The first-order valence-electron chi connectivity index (χ1n) is 6.07. The van der Waals surface area contributed by atoms with Crippen LogP contribution in [-0.2, 0) is 0 Å². The van der Waals surface area contributed by atoms with Gasteiger partial charge in [0.15, 0.2) is 0 Å². The van der Waals surface area contributed by atoms with Crippen LogP contribution < -0.4 is 10.5 Å². The minimum Gasteiger partial charge on any atom is -0.456 e. The molecule has 5 heteroatoms. The van der Waals surface area contributed by atoms with Gasteiger partial charge in [-0.3, -0.25) is 0 Å². The Morgan fingerprint density at radius 1 is 1.15 bits per heavy atom. The molecule has 0 aromatic heterocycles. The second-order valence-corrected chi connectivity index (χ2v) is 5.46. The van der Waals surface area contributed by atoms with Gasteiger partial charge in [-0.1, -0.05) is 0 Å². The molecule has 106 valence electrons. The van der Waals surface area contributed by atoms with Crippen molar-refractivity contribution in [2.45, 2.75) is 19.9 Å². The molecule has 1 atom stereocenters. The molecule has 0 unspecified atom stereocenters. The molecule has 0 aliphatic rings. The number of nitrogens with two attached hydrogens (primary N) is 1. The summed E-state index contributed by atoms with van der Waals surface area (Å²) in [6.07, 6.45) is 0. The molecule has 20 heavy (non-hydrogen) atoms. The van der Waals surface area contributed by atoms with Crippen LogP contribution in [-0.4, -0.2) is 0 Å². The molecular formula is C15H14BrF2NO. The number of halogens is 3. The lowest BCUT2D eigenvalue weighted by molar-refractivity contribution is 0.463. The zero-order chi connectivity index (χ0) is 14.9. The molecule has 2 nitrogen and oxygen atoms in total. The van der Waals surface area contributed by atoms with Gasteiger partial charge in [-0.15, -0.1) is 0 Å². The van der Waals surface area contributed by atoms with Crippen molar-refractivity contribution in [1.82, 2.24) is 0 Å². The Balaban J connectivity index is 2.44. The van der Waals surface area contributed by atoms with Gasteiger partial charge in [-0.2, -0.15) is 0 Å². The standard InChI is InChI=1S/C15H14BrF2NO/c1-8-5-15(11(9(2)19)7-13(8)18)20-14-4-3-10(17)6-12(14)16/h3-7,9H,19H2,1-2H3/t9-/m1/s1. The normalized spacial score (nSPS) is 12.3. The van der Waals surface area contributed by atoms with E-state index in [4.69, 9.17) is 10.5 Å². The van der Waals surface area contributed by atoms with Gasteiger partial charge in [-0.25, -0.2) is 8.78 Å². The van der Waals surface area contributed by atoms with Gasteiger partial charge in [0.1, 0.15) is 23.1 Å². The van der Waals surface area contributed by atoms with Gasteiger partial charge in [-0.05, 0) is 65.7 Å². The Labute approximate surface area is 124 Å². The lowest BCUT2D eigenvalue weighted by Crippen LogP contribution is -2.08. The van der Waals surface area contributed by atoms with Crippen LogP contribution >= 0.6 is 15.9 Å². The third-order valence-corrected chi connectivity index (χ3v) is 3.52.